The molecular weight excluding hydrogens is 484 g/mol. The highest BCUT2D eigenvalue weighted by Gasteiger charge is 2.45. The van der Waals surface area contributed by atoms with Crippen LogP contribution < -0.4 is 15.5 Å². The molecular formula is C23H23ClN10O2. The van der Waals surface area contributed by atoms with Gasteiger partial charge in [0.15, 0.2) is 17.2 Å². The average molecular weight is 507 g/mol. The van der Waals surface area contributed by atoms with E-state index in [0.717, 1.165) is 0 Å². The summed E-state index contributed by atoms with van der Waals surface area (Å²) >= 11 is 6.83. The van der Waals surface area contributed by atoms with E-state index in [1.807, 2.05) is 6.92 Å². The molecule has 1 aromatic carbocycles. The summed E-state index contributed by atoms with van der Waals surface area (Å²) in [4.78, 5) is 24.3. The minimum Gasteiger partial charge on any atom is -0.441 e. The Kier molecular flexibility index (Phi) is 5.90. The maximum absolute atomic E-state index is 11.9. The van der Waals surface area contributed by atoms with E-state index >= 15 is 0 Å². The predicted octanol–water partition coefficient (Wildman–Crippen LogP) is 3.12. The molecule has 2 N–H and O–H groups in total. The van der Waals surface area contributed by atoms with Gasteiger partial charge in [0.1, 0.15) is 11.7 Å². The Labute approximate surface area is 212 Å². The normalized spacial score (nSPS) is 16.6. The monoisotopic (exact) mass is 506 g/mol. The number of anilines is 4. The Balaban J connectivity index is 1.46. The number of aromatic nitrogens is 4. The second kappa shape index (κ2) is 9.06. The van der Waals surface area contributed by atoms with Crippen LogP contribution >= 0.6 is 11.6 Å². The van der Waals surface area contributed by atoms with E-state index in [9.17, 15) is 15.3 Å². The molecule has 0 aliphatic carbocycles. The van der Waals surface area contributed by atoms with Crippen molar-refractivity contribution < 1.29 is 9.53 Å². The first kappa shape index (κ1) is 23.5. The lowest BCUT2D eigenvalue weighted by Gasteiger charge is -2.39. The third-order valence-electron chi connectivity index (χ3n) is 6.41. The zero-order chi connectivity index (χ0) is 25.4. The summed E-state index contributed by atoms with van der Waals surface area (Å²) in [5.74, 6) is 0.649. The van der Waals surface area contributed by atoms with Gasteiger partial charge in [-0.2, -0.15) is 20.0 Å². The molecule has 13 heteroatoms. The topological polar surface area (TPSA) is 148 Å². The van der Waals surface area contributed by atoms with E-state index in [1.165, 1.54) is 10.7 Å². The molecule has 2 aliphatic heterocycles. The van der Waals surface area contributed by atoms with Crippen LogP contribution in [-0.4, -0.2) is 69.4 Å². The fraction of sp³-hybridized carbons (Fsp3) is 0.391. The maximum atomic E-state index is 11.9. The summed E-state index contributed by atoms with van der Waals surface area (Å²) in [6, 6.07) is 7.62. The van der Waals surface area contributed by atoms with E-state index in [4.69, 9.17) is 16.3 Å². The summed E-state index contributed by atoms with van der Waals surface area (Å²) in [6.45, 7) is 4.31. The van der Waals surface area contributed by atoms with Crippen LogP contribution in [0.5, 0.6) is 0 Å². The van der Waals surface area contributed by atoms with Gasteiger partial charge in [0.05, 0.1) is 40.8 Å². The van der Waals surface area contributed by atoms with Gasteiger partial charge in [-0.15, -0.1) is 5.10 Å². The Morgan fingerprint density at radius 3 is 2.67 bits per heavy atom. The van der Waals surface area contributed by atoms with Crippen LogP contribution in [0.2, 0.25) is 5.02 Å². The fourth-order valence-electron chi connectivity index (χ4n) is 4.62. The summed E-state index contributed by atoms with van der Waals surface area (Å²) in [6.07, 6.45) is 2.44. The average Bonchev–Trinajstić information content (AvgIpc) is 3.41. The highest BCUT2D eigenvalue weighted by atomic mass is 35.5. The van der Waals surface area contributed by atoms with Crippen molar-refractivity contribution in [3.63, 3.8) is 0 Å². The number of piperidine rings is 1. The van der Waals surface area contributed by atoms with Crippen molar-refractivity contribution in [1.82, 2.24) is 24.5 Å². The molecule has 1 amide bonds. The number of nitriles is 2. The number of ether oxygens (including phenoxy) is 1. The van der Waals surface area contributed by atoms with Crippen molar-refractivity contribution in [2.75, 3.05) is 48.8 Å². The lowest BCUT2D eigenvalue weighted by molar-refractivity contribution is 0.0367. The van der Waals surface area contributed by atoms with Gasteiger partial charge >= 0.3 is 6.09 Å². The number of nitrogens with one attached hydrogen (secondary N) is 2. The van der Waals surface area contributed by atoms with Gasteiger partial charge in [0.2, 0.25) is 5.95 Å². The summed E-state index contributed by atoms with van der Waals surface area (Å²) < 4.78 is 7.06. The van der Waals surface area contributed by atoms with Crippen LogP contribution in [0.3, 0.4) is 0 Å². The van der Waals surface area contributed by atoms with Gasteiger partial charge < -0.3 is 25.2 Å². The molecule has 184 valence electrons. The Hall–Kier alpha value is -4.29. The zero-order valence-corrected chi connectivity index (χ0v) is 20.5. The Morgan fingerprint density at radius 1 is 1.25 bits per heavy atom. The molecule has 0 bridgehead atoms. The van der Waals surface area contributed by atoms with Crippen molar-refractivity contribution in [3.05, 3.63) is 34.6 Å². The van der Waals surface area contributed by atoms with Crippen molar-refractivity contribution in [2.45, 2.75) is 25.4 Å². The minimum atomic E-state index is -0.488. The van der Waals surface area contributed by atoms with Crippen molar-refractivity contribution in [1.29, 1.82) is 10.5 Å². The maximum Gasteiger partial charge on any atom is 0.410 e. The number of carbonyl (C=O) groups is 1. The predicted molar refractivity (Wildman–Crippen MR) is 132 cm³/mol. The van der Waals surface area contributed by atoms with Gasteiger partial charge in [-0.1, -0.05) is 11.6 Å². The van der Waals surface area contributed by atoms with E-state index in [1.54, 1.807) is 24.1 Å². The van der Waals surface area contributed by atoms with Crippen LogP contribution in [0.25, 0.3) is 5.65 Å². The molecule has 3 aromatic rings. The highest BCUT2D eigenvalue weighted by molar-refractivity contribution is 6.36. The summed E-state index contributed by atoms with van der Waals surface area (Å²) in [5.41, 5.74) is 1.76. The molecule has 4 heterocycles. The van der Waals surface area contributed by atoms with Crippen LogP contribution in [0.4, 0.5) is 27.9 Å². The number of fused-ring (bicyclic) bond motifs is 1. The highest BCUT2D eigenvalue weighted by Crippen LogP contribution is 2.40. The Morgan fingerprint density at radius 2 is 2.03 bits per heavy atom. The summed E-state index contributed by atoms with van der Waals surface area (Å²) in [7, 11) is 1.74. The molecule has 0 saturated carbocycles. The fourth-order valence-corrected chi connectivity index (χ4v) is 4.90. The van der Waals surface area contributed by atoms with E-state index in [-0.39, 0.29) is 17.7 Å². The number of halogens is 1. The number of benzene rings is 1. The minimum absolute atomic E-state index is 0.189. The number of rotatable bonds is 5. The lowest BCUT2D eigenvalue weighted by Crippen LogP contribution is -2.46. The Bertz CT molecular complexity index is 1430. The largest absolute Gasteiger partial charge is 0.441 e. The molecule has 0 radical (unpaired) electrons. The quantitative estimate of drug-likeness (QED) is 0.528. The lowest BCUT2D eigenvalue weighted by atomic mass is 9.91. The molecule has 2 aromatic heterocycles. The zero-order valence-electron chi connectivity index (χ0n) is 19.7. The van der Waals surface area contributed by atoms with Crippen LogP contribution in [0.1, 0.15) is 31.0 Å². The van der Waals surface area contributed by atoms with Gasteiger partial charge in [-0.05, 0) is 19.1 Å². The summed E-state index contributed by atoms with van der Waals surface area (Å²) in [5, 5.41) is 30.1. The first-order valence-electron chi connectivity index (χ1n) is 11.5. The molecule has 0 atom stereocenters. The van der Waals surface area contributed by atoms with Gasteiger partial charge in [-0.25, -0.2) is 9.78 Å². The van der Waals surface area contributed by atoms with Gasteiger partial charge in [0, 0.05) is 39.5 Å². The molecule has 2 saturated heterocycles. The number of likely N-dealkylation sites (N-methyl/N-ethyl adjacent to an activating group) is 1. The molecule has 0 unspecified atom stereocenters. The number of nitrogens with zero attached hydrogens (tertiary/aromatic N) is 8. The molecule has 1 spiro atoms. The van der Waals surface area contributed by atoms with E-state index in [0.29, 0.717) is 72.4 Å². The van der Waals surface area contributed by atoms with Crippen LogP contribution in [0.15, 0.2) is 18.3 Å². The van der Waals surface area contributed by atoms with Crippen molar-refractivity contribution in [3.8, 4) is 12.1 Å². The molecule has 2 aliphatic rings. The SMILES string of the molecule is CCNc1nc(Nc2cc(C#N)cc(N3CCC4(CC3)CN(C)C(=O)O4)c2Cl)nn2c(C#N)cnc12. The molecule has 12 nitrogen and oxygen atoms in total. The van der Waals surface area contributed by atoms with E-state index < -0.39 is 5.60 Å². The number of carbonyl (C=O) groups excluding carboxylic acids is 1. The molecule has 36 heavy (non-hydrogen) atoms. The second-order valence-corrected chi connectivity index (χ2v) is 9.17. The first-order chi connectivity index (χ1) is 17.4. The number of amides is 1. The van der Waals surface area contributed by atoms with Crippen molar-refractivity contribution >= 4 is 46.5 Å². The third-order valence-corrected chi connectivity index (χ3v) is 6.80. The van der Waals surface area contributed by atoms with E-state index in [2.05, 4.69) is 42.7 Å². The van der Waals surface area contributed by atoms with Gasteiger partial charge in [-0.3, -0.25) is 0 Å². The van der Waals surface area contributed by atoms with Crippen molar-refractivity contribution in [2.24, 2.45) is 0 Å². The standard InChI is InChI=1S/C23H23ClN10O2/c1-3-27-19-20-28-12-15(11-26)34(20)31-21(30-19)29-16-8-14(10-25)9-17(18(16)24)33-6-4-23(5-7-33)13-32(2)22(35)36-23/h8-9,12H,3-7,13H2,1-2H3,(H2,27,29,30,31). The third kappa shape index (κ3) is 4.06. The molecule has 2 fully saturated rings. The second-order valence-electron chi connectivity index (χ2n) is 8.79. The smallest absolute Gasteiger partial charge is 0.410 e. The first-order valence-corrected chi connectivity index (χ1v) is 11.8. The number of imidazole rings is 1. The van der Waals surface area contributed by atoms with Crippen LogP contribution in [-0.2, 0) is 4.74 Å². The number of hydrogen-bond acceptors (Lipinski definition) is 10. The van der Waals surface area contributed by atoms with Gasteiger partial charge in [0.25, 0.3) is 0 Å². The number of hydrogen-bond donors (Lipinski definition) is 2. The van der Waals surface area contributed by atoms with Crippen LogP contribution in [0, 0.1) is 22.7 Å². The molecule has 5 rings (SSSR count).